The fourth-order valence-electron chi connectivity index (χ4n) is 5.16. The lowest BCUT2D eigenvalue weighted by Gasteiger charge is -2.33. The smallest absolute Gasteiger partial charge is 0.224 e. The Morgan fingerprint density at radius 3 is 2.34 bits per heavy atom. The van der Waals surface area contributed by atoms with Gasteiger partial charge in [-0.3, -0.25) is 9.59 Å². The van der Waals surface area contributed by atoms with E-state index >= 15 is 0 Å². The third-order valence-electron chi connectivity index (χ3n) is 7.28. The number of benzene rings is 1. The van der Waals surface area contributed by atoms with Gasteiger partial charge in [0.15, 0.2) is 0 Å². The molecule has 3 N–H and O–H groups in total. The Kier molecular flexibility index (Phi) is 12.8. The minimum absolute atomic E-state index is 0.0340. The standard InChI is InChI=1S/C29H48N2O4/c1-21(2)18-26(32)28(34)25(19-24-14-9-6-10-15-24)30-29(35)22(3)20-31(4)27(33)17-11-16-23-12-7-5-8-13-23/h5,7-8,12-13,21-22,24-26,28,32,34H,6,9-11,14-20H2,1-4H3,(H,30,35)/t22-,25-,26-,28+/m0/s1. The lowest BCUT2D eigenvalue weighted by Crippen LogP contribution is -2.52. The first-order valence-electron chi connectivity index (χ1n) is 13.6. The van der Waals surface area contributed by atoms with Crippen LogP contribution in [0, 0.1) is 17.8 Å². The first-order valence-corrected chi connectivity index (χ1v) is 13.6. The summed E-state index contributed by atoms with van der Waals surface area (Å²) in [5, 5.41) is 24.5. The van der Waals surface area contributed by atoms with Crippen molar-refractivity contribution in [2.75, 3.05) is 13.6 Å². The number of hydrogen-bond donors (Lipinski definition) is 3. The Bertz CT molecular complexity index is 748. The van der Waals surface area contributed by atoms with Crippen LogP contribution in [0.5, 0.6) is 0 Å². The molecule has 0 unspecified atom stereocenters. The van der Waals surface area contributed by atoms with E-state index in [-0.39, 0.29) is 17.7 Å². The van der Waals surface area contributed by atoms with Crippen molar-refractivity contribution in [3.63, 3.8) is 0 Å². The highest BCUT2D eigenvalue weighted by molar-refractivity contribution is 5.80. The maximum Gasteiger partial charge on any atom is 0.224 e. The molecule has 0 heterocycles. The number of nitrogens with one attached hydrogen (secondary N) is 1. The number of nitrogens with zero attached hydrogens (tertiary/aromatic N) is 1. The number of aryl methyl sites for hydroxylation is 1. The van der Waals surface area contributed by atoms with Crippen molar-refractivity contribution >= 4 is 11.8 Å². The summed E-state index contributed by atoms with van der Waals surface area (Å²) in [6.45, 7) is 6.17. The third-order valence-corrected chi connectivity index (χ3v) is 7.28. The number of carbonyl (C=O) groups is 2. The Morgan fingerprint density at radius 2 is 1.71 bits per heavy atom. The number of rotatable bonds is 14. The van der Waals surface area contributed by atoms with Crippen LogP contribution < -0.4 is 5.32 Å². The molecule has 1 saturated carbocycles. The molecule has 1 aromatic carbocycles. The van der Waals surface area contributed by atoms with E-state index in [4.69, 9.17) is 0 Å². The van der Waals surface area contributed by atoms with Crippen LogP contribution in [0.3, 0.4) is 0 Å². The molecule has 0 radical (unpaired) electrons. The fraction of sp³-hybridized carbons (Fsp3) is 0.724. The van der Waals surface area contributed by atoms with Gasteiger partial charge in [0, 0.05) is 20.0 Å². The maximum absolute atomic E-state index is 13.1. The molecule has 2 rings (SSSR count). The topological polar surface area (TPSA) is 89.9 Å². The summed E-state index contributed by atoms with van der Waals surface area (Å²) in [5.74, 6) is 0.170. The number of amides is 2. The van der Waals surface area contributed by atoms with Crippen LogP contribution >= 0.6 is 0 Å². The van der Waals surface area contributed by atoms with Crippen LogP contribution in [0.2, 0.25) is 0 Å². The molecule has 0 saturated heterocycles. The molecule has 1 aliphatic rings. The second kappa shape index (κ2) is 15.2. The molecule has 1 fully saturated rings. The van der Waals surface area contributed by atoms with E-state index in [1.807, 2.05) is 39.0 Å². The number of carbonyl (C=O) groups excluding carboxylic acids is 2. The van der Waals surface area contributed by atoms with Crippen LogP contribution in [0.1, 0.15) is 84.1 Å². The summed E-state index contributed by atoms with van der Waals surface area (Å²) in [6, 6.07) is 9.65. The third kappa shape index (κ3) is 10.7. The quantitative estimate of drug-likeness (QED) is 0.364. The van der Waals surface area contributed by atoms with Crippen molar-refractivity contribution in [1.29, 1.82) is 0 Å². The lowest BCUT2D eigenvalue weighted by atomic mass is 9.82. The van der Waals surface area contributed by atoms with Crippen LogP contribution in [-0.4, -0.2) is 58.8 Å². The van der Waals surface area contributed by atoms with Gasteiger partial charge in [0.25, 0.3) is 0 Å². The Balaban J connectivity index is 1.88. The summed E-state index contributed by atoms with van der Waals surface area (Å²) < 4.78 is 0. The van der Waals surface area contributed by atoms with Crippen LogP contribution in [0.25, 0.3) is 0 Å². The highest BCUT2D eigenvalue weighted by atomic mass is 16.3. The Hall–Kier alpha value is -1.92. The monoisotopic (exact) mass is 488 g/mol. The van der Waals surface area contributed by atoms with Gasteiger partial charge < -0.3 is 20.4 Å². The van der Waals surface area contributed by atoms with Crippen molar-refractivity contribution in [3.8, 4) is 0 Å². The second-order valence-electron chi connectivity index (χ2n) is 11.1. The fourth-order valence-corrected chi connectivity index (χ4v) is 5.16. The molecule has 2 amide bonds. The summed E-state index contributed by atoms with van der Waals surface area (Å²) >= 11 is 0. The van der Waals surface area contributed by atoms with Gasteiger partial charge in [-0.1, -0.05) is 83.2 Å². The summed E-state index contributed by atoms with van der Waals surface area (Å²) in [7, 11) is 1.75. The number of aliphatic hydroxyl groups is 2. The molecule has 198 valence electrons. The summed E-state index contributed by atoms with van der Waals surface area (Å²) in [6.07, 6.45) is 7.22. The van der Waals surface area contributed by atoms with Gasteiger partial charge in [-0.05, 0) is 43.1 Å². The van der Waals surface area contributed by atoms with Gasteiger partial charge in [-0.15, -0.1) is 0 Å². The maximum atomic E-state index is 13.1. The van der Waals surface area contributed by atoms with Crippen LogP contribution in [0.15, 0.2) is 30.3 Å². The molecule has 1 aromatic rings. The first-order chi connectivity index (χ1) is 16.7. The normalized spacial score (nSPS) is 18.0. The molecule has 6 heteroatoms. The molecule has 6 nitrogen and oxygen atoms in total. The van der Waals surface area contributed by atoms with Gasteiger partial charge in [-0.2, -0.15) is 0 Å². The Morgan fingerprint density at radius 1 is 1.06 bits per heavy atom. The van der Waals surface area contributed by atoms with E-state index in [0.717, 1.165) is 25.7 Å². The molecule has 1 aliphatic carbocycles. The minimum atomic E-state index is -0.993. The zero-order valence-corrected chi connectivity index (χ0v) is 22.3. The lowest BCUT2D eigenvalue weighted by molar-refractivity contribution is -0.133. The highest BCUT2D eigenvalue weighted by Gasteiger charge is 2.32. The van der Waals surface area contributed by atoms with E-state index in [1.54, 1.807) is 11.9 Å². The van der Waals surface area contributed by atoms with Crippen molar-refractivity contribution in [1.82, 2.24) is 10.2 Å². The SMILES string of the molecule is CC(C)C[C@H](O)[C@H](O)[C@H](CC1CCCCC1)NC(=O)[C@@H](C)CN(C)C(=O)CCCc1ccccc1. The van der Waals surface area contributed by atoms with Crippen LogP contribution in [0.4, 0.5) is 0 Å². The number of hydrogen-bond acceptors (Lipinski definition) is 4. The highest BCUT2D eigenvalue weighted by Crippen LogP contribution is 2.29. The van der Waals surface area contributed by atoms with Crippen molar-refractivity contribution in [2.45, 2.75) is 103 Å². The zero-order valence-electron chi connectivity index (χ0n) is 22.3. The van der Waals surface area contributed by atoms with Crippen molar-refractivity contribution in [2.24, 2.45) is 17.8 Å². The van der Waals surface area contributed by atoms with Gasteiger partial charge in [0.05, 0.1) is 18.1 Å². The van der Waals surface area contributed by atoms with Gasteiger partial charge in [-0.25, -0.2) is 0 Å². The molecule has 0 spiro atoms. The average molecular weight is 489 g/mol. The zero-order chi connectivity index (χ0) is 25.8. The number of aliphatic hydroxyl groups excluding tert-OH is 2. The molecule has 0 aliphatic heterocycles. The van der Waals surface area contributed by atoms with E-state index < -0.39 is 24.2 Å². The molecule has 35 heavy (non-hydrogen) atoms. The van der Waals surface area contributed by atoms with Gasteiger partial charge >= 0.3 is 0 Å². The van der Waals surface area contributed by atoms with E-state index in [0.29, 0.717) is 31.7 Å². The average Bonchev–Trinajstić information content (AvgIpc) is 2.83. The summed E-state index contributed by atoms with van der Waals surface area (Å²) in [4.78, 5) is 27.3. The second-order valence-corrected chi connectivity index (χ2v) is 11.1. The summed E-state index contributed by atoms with van der Waals surface area (Å²) in [5.41, 5.74) is 1.22. The van der Waals surface area contributed by atoms with E-state index in [2.05, 4.69) is 17.4 Å². The molecule has 4 atom stereocenters. The first kappa shape index (κ1) is 29.3. The molecular weight excluding hydrogens is 440 g/mol. The van der Waals surface area contributed by atoms with Crippen molar-refractivity contribution < 1.29 is 19.8 Å². The molecule has 0 bridgehead atoms. The van der Waals surface area contributed by atoms with Gasteiger partial charge in [0.1, 0.15) is 6.10 Å². The molecular formula is C29H48N2O4. The predicted octanol–water partition coefficient (Wildman–Crippen LogP) is 4.33. The predicted molar refractivity (Wildman–Crippen MR) is 141 cm³/mol. The largest absolute Gasteiger partial charge is 0.390 e. The Labute approximate surface area is 212 Å². The molecule has 0 aromatic heterocycles. The van der Waals surface area contributed by atoms with Crippen molar-refractivity contribution in [3.05, 3.63) is 35.9 Å². The van der Waals surface area contributed by atoms with Crippen LogP contribution in [-0.2, 0) is 16.0 Å². The van der Waals surface area contributed by atoms with Gasteiger partial charge in [0.2, 0.25) is 11.8 Å². The van der Waals surface area contributed by atoms with E-state index in [9.17, 15) is 19.8 Å². The van der Waals surface area contributed by atoms with E-state index in [1.165, 1.54) is 24.8 Å². The minimum Gasteiger partial charge on any atom is -0.390 e.